The molecule has 19 heavy (non-hydrogen) atoms. The van der Waals surface area contributed by atoms with Crippen molar-refractivity contribution in [1.29, 1.82) is 0 Å². The van der Waals surface area contributed by atoms with Gasteiger partial charge >= 0.3 is 0 Å². The van der Waals surface area contributed by atoms with Crippen molar-refractivity contribution in [2.24, 2.45) is 5.73 Å². The number of primary amides is 1. The lowest BCUT2D eigenvalue weighted by Gasteiger charge is -2.15. The normalized spacial score (nSPS) is 11.2. The van der Waals surface area contributed by atoms with Crippen LogP contribution in [0.3, 0.4) is 0 Å². The van der Waals surface area contributed by atoms with Crippen molar-refractivity contribution < 1.29 is 4.79 Å². The number of carbonyl (C=O) groups is 1. The molecule has 100 valence electrons. The summed E-state index contributed by atoms with van der Waals surface area (Å²) in [4.78, 5) is 23.3. The summed E-state index contributed by atoms with van der Waals surface area (Å²) in [6.45, 7) is 3.93. The Morgan fingerprint density at radius 1 is 1.47 bits per heavy atom. The Bertz CT molecular complexity index is 707. The maximum absolute atomic E-state index is 12.3. The van der Waals surface area contributed by atoms with Crippen LogP contribution in [0, 0.1) is 0 Å². The van der Waals surface area contributed by atoms with Crippen LogP contribution in [0.4, 0.5) is 0 Å². The zero-order chi connectivity index (χ0) is 14.2. The van der Waals surface area contributed by atoms with E-state index in [9.17, 15) is 9.59 Å². The van der Waals surface area contributed by atoms with Crippen LogP contribution >= 0.6 is 15.9 Å². The molecule has 0 fully saturated rings. The number of rotatable bonds is 3. The van der Waals surface area contributed by atoms with Crippen molar-refractivity contribution in [3.05, 3.63) is 38.6 Å². The molecule has 1 amide bonds. The van der Waals surface area contributed by atoms with E-state index in [1.54, 1.807) is 16.8 Å². The summed E-state index contributed by atoms with van der Waals surface area (Å²) in [5.41, 5.74) is 5.84. The second kappa shape index (κ2) is 5.13. The summed E-state index contributed by atoms with van der Waals surface area (Å²) in [6.07, 6.45) is -0.141. The maximum atomic E-state index is 12.3. The molecule has 0 spiro atoms. The highest BCUT2D eigenvalue weighted by molar-refractivity contribution is 9.10. The van der Waals surface area contributed by atoms with Crippen molar-refractivity contribution >= 4 is 32.7 Å². The fourth-order valence-electron chi connectivity index (χ4n) is 1.95. The molecule has 2 aromatic rings. The van der Waals surface area contributed by atoms with Gasteiger partial charge in [-0.25, -0.2) is 0 Å². The Labute approximate surface area is 118 Å². The van der Waals surface area contributed by atoms with E-state index in [-0.39, 0.29) is 23.6 Å². The van der Waals surface area contributed by atoms with E-state index in [4.69, 9.17) is 5.73 Å². The van der Waals surface area contributed by atoms with Gasteiger partial charge in [0.2, 0.25) is 11.3 Å². The molecule has 0 saturated carbocycles. The van der Waals surface area contributed by atoms with Crippen molar-refractivity contribution in [3.8, 4) is 0 Å². The van der Waals surface area contributed by atoms with Crippen LogP contribution in [0.5, 0.6) is 0 Å². The lowest BCUT2D eigenvalue weighted by atomic mass is 10.1. The molecule has 0 aliphatic rings. The van der Waals surface area contributed by atoms with Gasteiger partial charge < -0.3 is 5.73 Å². The van der Waals surface area contributed by atoms with Crippen molar-refractivity contribution in [1.82, 2.24) is 9.78 Å². The quantitative estimate of drug-likeness (QED) is 0.934. The monoisotopic (exact) mass is 323 g/mol. The Morgan fingerprint density at radius 3 is 2.74 bits per heavy atom. The minimum Gasteiger partial charge on any atom is -0.369 e. The Morgan fingerprint density at radius 2 is 2.16 bits per heavy atom. The fourth-order valence-corrected chi connectivity index (χ4v) is 2.29. The van der Waals surface area contributed by atoms with Crippen LogP contribution < -0.4 is 11.2 Å². The molecule has 0 radical (unpaired) electrons. The van der Waals surface area contributed by atoms with Gasteiger partial charge in [0.1, 0.15) is 5.69 Å². The number of hydrogen-bond donors (Lipinski definition) is 1. The minimum absolute atomic E-state index is 0.0732. The van der Waals surface area contributed by atoms with Gasteiger partial charge in [0, 0.05) is 15.9 Å². The Hall–Kier alpha value is -1.69. The summed E-state index contributed by atoms with van der Waals surface area (Å²) < 4.78 is 2.61. The minimum atomic E-state index is -0.559. The first-order valence-electron chi connectivity index (χ1n) is 5.89. The highest BCUT2D eigenvalue weighted by Gasteiger charge is 2.14. The third kappa shape index (κ3) is 2.68. The molecule has 1 aromatic heterocycles. The lowest BCUT2D eigenvalue weighted by Crippen LogP contribution is -2.25. The standard InChI is InChI=1S/C13H14BrN3O2/c1-7(2)17-11-5-8(14)3-4-9(11)13(19)10(16-17)6-12(15)18/h3-5,7H,6H2,1-2H3,(H2,15,18). The SMILES string of the molecule is CC(C)n1nc(CC(N)=O)c(=O)c2ccc(Br)cc21. The van der Waals surface area contributed by atoms with Gasteiger partial charge in [0.25, 0.3) is 0 Å². The fraction of sp³-hybridized carbons (Fsp3) is 0.308. The summed E-state index contributed by atoms with van der Waals surface area (Å²) >= 11 is 3.38. The topological polar surface area (TPSA) is 78.0 Å². The van der Waals surface area contributed by atoms with Crippen molar-refractivity contribution in [2.75, 3.05) is 0 Å². The first-order chi connectivity index (χ1) is 8.90. The number of carbonyl (C=O) groups excluding carboxylic acids is 1. The summed E-state index contributed by atoms with van der Waals surface area (Å²) in [7, 11) is 0. The molecule has 1 heterocycles. The Kier molecular flexibility index (Phi) is 3.71. The average Bonchev–Trinajstić information content (AvgIpc) is 2.31. The van der Waals surface area contributed by atoms with Gasteiger partial charge in [-0.05, 0) is 32.0 Å². The molecular weight excluding hydrogens is 310 g/mol. The largest absolute Gasteiger partial charge is 0.369 e. The molecule has 0 aliphatic heterocycles. The van der Waals surface area contributed by atoms with Crippen LogP contribution in [-0.2, 0) is 11.2 Å². The highest BCUT2D eigenvalue weighted by Crippen LogP contribution is 2.19. The first-order valence-corrected chi connectivity index (χ1v) is 6.68. The van der Waals surface area contributed by atoms with E-state index >= 15 is 0 Å². The molecule has 0 saturated heterocycles. The first kappa shape index (κ1) is 13.7. The molecule has 0 unspecified atom stereocenters. The number of fused-ring (bicyclic) bond motifs is 1. The van der Waals surface area contributed by atoms with Crippen molar-refractivity contribution in [3.63, 3.8) is 0 Å². The summed E-state index contributed by atoms with van der Waals surface area (Å²) in [5.74, 6) is -0.559. The molecule has 6 heteroatoms. The number of hydrogen-bond acceptors (Lipinski definition) is 3. The van der Waals surface area contributed by atoms with Gasteiger partial charge in [0.15, 0.2) is 0 Å². The van der Waals surface area contributed by atoms with E-state index < -0.39 is 5.91 Å². The second-order valence-corrected chi connectivity index (χ2v) is 5.53. The highest BCUT2D eigenvalue weighted by atomic mass is 79.9. The number of halogens is 1. The number of benzene rings is 1. The molecule has 1 aromatic carbocycles. The molecule has 0 bridgehead atoms. The van der Waals surface area contributed by atoms with Gasteiger partial charge in [-0.2, -0.15) is 5.10 Å². The number of aromatic nitrogens is 2. The Balaban J connectivity index is 2.82. The molecule has 0 aliphatic carbocycles. The van der Waals surface area contributed by atoms with Gasteiger partial charge in [-0.15, -0.1) is 0 Å². The third-order valence-electron chi connectivity index (χ3n) is 2.77. The van der Waals surface area contributed by atoms with E-state index in [2.05, 4.69) is 21.0 Å². The number of amides is 1. The average molecular weight is 324 g/mol. The zero-order valence-electron chi connectivity index (χ0n) is 10.7. The van der Waals surface area contributed by atoms with Crippen LogP contribution in [-0.4, -0.2) is 15.7 Å². The zero-order valence-corrected chi connectivity index (χ0v) is 12.3. The number of nitrogens with zero attached hydrogens (tertiary/aromatic N) is 2. The summed E-state index contributed by atoms with van der Waals surface area (Å²) in [5, 5.41) is 4.81. The van der Waals surface area contributed by atoms with Gasteiger partial charge in [-0.3, -0.25) is 14.3 Å². The van der Waals surface area contributed by atoms with Gasteiger partial charge in [-0.1, -0.05) is 15.9 Å². The molecule has 0 atom stereocenters. The van der Waals surface area contributed by atoms with Crippen LogP contribution in [0.25, 0.3) is 10.9 Å². The van der Waals surface area contributed by atoms with Crippen molar-refractivity contribution in [2.45, 2.75) is 26.3 Å². The summed E-state index contributed by atoms with van der Waals surface area (Å²) in [6, 6.07) is 5.44. The predicted octanol–water partition coefficient (Wildman–Crippen LogP) is 1.77. The number of nitrogens with two attached hydrogens (primary N) is 1. The van der Waals surface area contributed by atoms with E-state index in [1.165, 1.54) is 0 Å². The van der Waals surface area contributed by atoms with E-state index in [1.807, 2.05) is 19.9 Å². The lowest BCUT2D eigenvalue weighted by molar-refractivity contribution is -0.117. The smallest absolute Gasteiger partial charge is 0.223 e. The van der Waals surface area contributed by atoms with Crippen LogP contribution in [0.2, 0.25) is 0 Å². The van der Waals surface area contributed by atoms with Crippen LogP contribution in [0.1, 0.15) is 25.6 Å². The maximum Gasteiger partial charge on any atom is 0.223 e. The third-order valence-corrected chi connectivity index (χ3v) is 3.27. The second-order valence-electron chi connectivity index (χ2n) is 4.62. The van der Waals surface area contributed by atoms with Crippen LogP contribution in [0.15, 0.2) is 27.5 Å². The van der Waals surface area contributed by atoms with E-state index in [0.717, 1.165) is 9.99 Å². The molecular formula is C13H14BrN3O2. The molecule has 2 rings (SSSR count). The van der Waals surface area contributed by atoms with Gasteiger partial charge in [0.05, 0.1) is 11.9 Å². The predicted molar refractivity (Wildman–Crippen MR) is 77.0 cm³/mol. The molecule has 5 nitrogen and oxygen atoms in total. The molecule has 2 N–H and O–H groups in total. The van der Waals surface area contributed by atoms with E-state index in [0.29, 0.717) is 5.39 Å².